The van der Waals surface area contributed by atoms with E-state index in [-0.39, 0.29) is 0 Å². The van der Waals surface area contributed by atoms with Crippen molar-refractivity contribution in [1.82, 2.24) is 0 Å². The van der Waals surface area contributed by atoms with Crippen LogP contribution in [0.15, 0.2) is 0 Å². The predicted molar refractivity (Wildman–Crippen MR) is 37.5 cm³/mol. The molecule has 0 amide bonds. The van der Waals surface area contributed by atoms with Crippen LogP contribution in [0.25, 0.3) is 0 Å². The van der Waals surface area contributed by atoms with Crippen molar-refractivity contribution in [3.63, 3.8) is 0 Å². The Kier molecular flexibility index (Phi) is 3.06. The first-order valence-corrected chi connectivity index (χ1v) is 5.37. The Balaban J connectivity index is 4.23. The van der Waals surface area contributed by atoms with Crippen LogP contribution >= 0.6 is 7.14 Å². The lowest BCUT2D eigenvalue weighted by Gasteiger charge is -2.11. The maximum absolute atomic E-state index is 11.0. The van der Waals surface area contributed by atoms with E-state index in [4.69, 9.17) is 5.11 Å². The highest BCUT2D eigenvalue weighted by Crippen LogP contribution is 2.41. The molecule has 0 aromatic rings. The lowest BCUT2D eigenvalue weighted by Crippen LogP contribution is -2.20. The molecule has 0 saturated carbocycles. The Morgan fingerprint density at radius 1 is 1.60 bits per heavy atom. The van der Waals surface area contributed by atoms with Crippen LogP contribution in [0.2, 0.25) is 0 Å². The van der Waals surface area contributed by atoms with E-state index in [1.165, 1.54) is 13.3 Å². The van der Waals surface area contributed by atoms with Gasteiger partial charge in [0.05, 0.1) is 7.11 Å². The van der Waals surface area contributed by atoms with Crippen molar-refractivity contribution in [3.05, 3.63) is 0 Å². The van der Waals surface area contributed by atoms with Gasteiger partial charge < -0.3 is 14.4 Å². The Labute approximate surface area is 59.6 Å². The summed E-state index contributed by atoms with van der Waals surface area (Å²) in [6.45, 7) is 2.66. The smallest absolute Gasteiger partial charge is 0.342 e. The summed E-state index contributed by atoms with van der Waals surface area (Å²) in [6, 6.07) is 0. The monoisotopic (exact) mass is 166 g/mol. The van der Waals surface area contributed by atoms with Gasteiger partial charge in [-0.2, -0.15) is 0 Å². The quantitative estimate of drug-likeness (QED) is 0.466. The lowest BCUT2D eigenvalue weighted by molar-refractivity contribution is -0.146. The van der Waals surface area contributed by atoms with Crippen molar-refractivity contribution in [1.29, 1.82) is 0 Å². The van der Waals surface area contributed by atoms with Gasteiger partial charge in [-0.3, -0.25) is 0 Å². The largest absolute Gasteiger partial charge is 0.467 e. The van der Waals surface area contributed by atoms with Crippen molar-refractivity contribution in [3.8, 4) is 0 Å². The van der Waals surface area contributed by atoms with Gasteiger partial charge in [0.25, 0.3) is 0 Å². The molecule has 0 aromatic carbocycles. The standard InChI is InChI=1S/C5H11O4P/c1-9-4(6)5(7)10(2,3)8/h5,7H,1-3H3. The number of hydrogen-bond acceptors (Lipinski definition) is 4. The second-order valence-electron chi connectivity index (χ2n) is 2.33. The molecule has 0 aliphatic rings. The summed E-state index contributed by atoms with van der Waals surface area (Å²) in [5.41, 5.74) is 0. The molecule has 60 valence electrons. The average molecular weight is 166 g/mol. The van der Waals surface area contributed by atoms with Crippen molar-refractivity contribution in [2.45, 2.75) is 5.85 Å². The maximum Gasteiger partial charge on any atom is 0.342 e. The number of methoxy groups -OCH3 is 1. The van der Waals surface area contributed by atoms with E-state index in [0.717, 1.165) is 7.11 Å². The van der Waals surface area contributed by atoms with Crippen LogP contribution in [-0.2, 0) is 14.1 Å². The van der Waals surface area contributed by atoms with Crippen molar-refractivity contribution in [2.75, 3.05) is 20.4 Å². The highest BCUT2D eigenvalue weighted by molar-refractivity contribution is 7.63. The van der Waals surface area contributed by atoms with Gasteiger partial charge in [0.1, 0.15) is 7.14 Å². The van der Waals surface area contributed by atoms with Gasteiger partial charge in [0, 0.05) is 0 Å². The number of carbonyl (C=O) groups excluding carboxylic acids is 1. The van der Waals surface area contributed by atoms with Gasteiger partial charge in [-0.05, 0) is 13.3 Å². The van der Waals surface area contributed by atoms with Gasteiger partial charge in [-0.25, -0.2) is 4.79 Å². The normalized spacial score (nSPS) is 14.4. The van der Waals surface area contributed by atoms with Crippen LogP contribution in [0.3, 0.4) is 0 Å². The molecule has 0 bridgehead atoms. The van der Waals surface area contributed by atoms with Gasteiger partial charge in [-0.15, -0.1) is 0 Å². The number of carbonyl (C=O) groups is 1. The second kappa shape index (κ2) is 3.17. The Morgan fingerprint density at radius 2 is 2.00 bits per heavy atom. The Bertz CT molecular complexity index is 170. The number of aliphatic hydroxyl groups excluding tert-OH is 1. The number of rotatable bonds is 2. The molecule has 0 aromatic heterocycles. The first kappa shape index (κ1) is 9.66. The van der Waals surface area contributed by atoms with E-state index in [1.54, 1.807) is 0 Å². The highest BCUT2D eigenvalue weighted by Gasteiger charge is 2.28. The fourth-order valence-electron chi connectivity index (χ4n) is 0.359. The van der Waals surface area contributed by atoms with Crippen LogP contribution < -0.4 is 0 Å². The Morgan fingerprint density at radius 3 is 2.10 bits per heavy atom. The van der Waals surface area contributed by atoms with Crippen molar-refractivity contribution >= 4 is 13.1 Å². The van der Waals surface area contributed by atoms with Gasteiger partial charge in [0.15, 0.2) is 0 Å². The molecule has 0 spiro atoms. The van der Waals surface area contributed by atoms with Crippen LogP contribution in [0.5, 0.6) is 0 Å². The summed E-state index contributed by atoms with van der Waals surface area (Å²) < 4.78 is 15.1. The number of aliphatic hydroxyl groups is 1. The molecule has 5 heteroatoms. The molecule has 10 heavy (non-hydrogen) atoms. The third-order valence-corrected chi connectivity index (χ3v) is 2.39. The molecular weight excluding hydrogens is 155 g/mol. The fourth-order valence-corrected chi connectivity index (χ4v) is 0.972. The van der Waals surface area contributed by atoms with Crippen molar-refractivity contribution < 1.29 is 19.2 Å². The predicted octanol–water partition coefficient (Wildman–Crippen LogP) is 0.100. The average Bonchev–Trinajstić information content (AvgIpc) is 1.83. The van der Waals surface area contributed by atoms with E-state index >= 15 is 0 Å². The third-order valence-electron chi connectivity index (χ3n) is 1.00. The summed E-state index contributed by atoms with van der Waals surface area (Å²) >= 11 is 0. The summed E-state index contributed by atoms with van der Waals surface area (Å²) in [5, 5.41) is 8.92. The molecule has 0 aliphatic heterocycles. The minimum absolute atomic E-state index is 0.840. The van der Waals surface area contributed by atoms with E-state index in [9.17, 15) is 9.36 Å². The van der Waals surface area contributed by atoms with Gasteiger partial charge in [0.2, 0.25) is 5.85 Å². The molecule has 0 fully saturated rings. The van der Waals surface area contributed by atoms with Crippen LogP contribution in [0.4, 0.5) is 0 Å². The molecule has 0 saturated heterocycles. The molecule has 1 N–H and O–H groups in total. The second-order valence-corrected chi connectivity index (χ2v) is 5.69. The Hall–Kier alpha value is -0.340. The highest BCUT2D eigenvalue weighted by atomic mass is 31.2. The summed E-state index contributed by atoms with van der Waals surface area (Å²) in [4.78, 5) is 10.5. The van der Waals surface area contributed by atoms with Crippen LogP contribution in [0, 0.1) is 0 Å². The zero-order valence-corrected chi connectivity index (χ0v) is 7.09. The maximum atomic E-state index is 11.0. The minimum atomic E-state index is -2.75. The lowest BCUT2D eigenvalue weighted by atomic mass is 10.7. The number of hydrogen-bond donors (Lipinski definition) is 1. The topological polar surface area (TPSA) is 63.6 Å². The summed E-state index contributed by atoms with van der Waals surface area (Å²) in [6.07, 6.45) is 0. The third kappa shape index (κ3) is 2.50. The molecule has 0 radical (unpaired) electrons. The summed E-state index contributed by atoms with van der Waals surface area (Å²) in [5.74, 6) is -2.31. The van der Waals surface area contributed by atoms with Crippen molar-refractivity contribution in [2.24, 2.45) is 0 Å². The first-order valence-electron chi connectivity index (χ1n) is 2.70. The fraction of sp³-hybridized carbons (Fsp3) is 0.800. The molecule has 4 nitrogen and oxygen atoms in total. The zero-order valence-electron chi connectivity index (χ0n) is 6.20. The molecular formula is C5H11O4P. The first-order chi connectivity index (χ1) is 4.39. The molecule has 0 aliphatic carbocycles. The molecule has 1 atom stereocenters. The van der Waals surface area contributed by atoms with Gasteiger partial charge in [-0.1, -0.05) is 0 Å². The number of ether oxygens (including phenoxy) is 1. The SMILES string of the molecule is COC(=O)C(O)P(C)(C)=O. The van der Waals surface area contributed by atoms with Crippen LogP contribution in [-0.4, -0.2) is 37.4 Å². The zero-order chi connectivity index (χ0) is 8.36. The van der Waals surface area contributed by atoms with E-state index in [1.807, 2.05) is 0 Å². The summed E-state index contributed by atoms with van der Waals surface area (Å²) in [7, 11) is -1.61. The van der Waals surface area contributed by atoms with E-state index in [2.05, 4.69) is 4.74 Å². The molecule has 1 unspecified atom stereocenters. The molecule has 0 rings (SSSR count). The van der Waals surface area contributed by atoms with Crippen LogP contribution in [0.1, 0.15) is 0 Å². The van der Waals surface area contributed by atoms with E-state index in [0.29, 0.717) is 0 Å². The molecule has 0 heterocycles. The van der Waals surface area contributed by atoms with E-state index < -0.39 is 19.0 Å². The minimum Gasteiger partial charge on any atom is -0.467 e. The van der Waals surface area contributed by atoms with Gasteiger partial charge >= 0.3 is 5.97 Å². The number of esters is 1.